The molecule has 0 amide bonds. The van der Waals surface area contributed by atoms with Crippen molar-refractivity contribution in [2.24, 2.45) is 10.7 Å². The van der Waals surface area contributed by atoms with Crippen molar-refractivity contribution >= 4 is 11.4 Å². The zero-order valence-electron chi connectivity index (χ0n) is 15.4. The van der Waals surface area contributed by atoms with Crippen LogP contribution in [0.1, 0.15) is 18.3 Å². The number of hydrogen-bond donors (Lipinski definition) is 1. The standard InChI is InChI=1S/C20H18FN5O2/c1-14(26-17-11-15(13-22)10-16(21)12-17)18(20(23)28-9-8-27-2)4-5-19-24-6-3-7-25-19/h3,6-7,10-12H,8-9,23H2,1-2H3. The van der Waals surface area contributed by atoms with Crippen LogP contribution < -0.4 is 5.73 Å². The van der Waals surface area contributed by atoms with E-state index in [2.05, 4.69) is 26.8 Å². The number of allylic oxidation sites excluding steroid dienone is 1. The number of nitrogens with two attached hydrogens (primary N) is 1. The molecule has 8 heteroatoms. The summed E-state index contributed by atoms with van der Waals surface area (Å²) in [7, 11) is 1.54. The highest BCUT2D eigenvalue weighted by atomic mass is 19.1. The predicted octanol–water partition coefficient (Wildman–Crippen LogP) is 2.46. The second-order valence-electron chi connectivity index (χ2n) is 5.41. The van der Waals surface area contributed by atoms with Gasteiger partial charge in [-0.15, -0.1) is 0 Å². The summed E-state index contributed by atoms with van der Waals surface area (Å²) in [5.41, 5.74) is 7.11. The van der Waals surface area contributed by atoms with Crippen molar-refractivity contribution in [3.8, 4) is 17.9 Å². The van der Waals surface area contributed by atoms with Gasteiger partial charge in [-0.05, 0) is 37.1 Å². The zero-order valence-corrected chi connectivity index (χ0v) is 15.4. The topological polar surface area (TPSA) is 106 Å². The third kappa shape index (κ3) is 6.20. The Kier molecular flexibility index (Phi) is 7.64. The first-order chi connectivity index (χ1) is 13.5. The molecule has 7 nitrogen and oxygen atoms in total. The number of nitriles is 1. The maximum absolute atomic E-state index is 13.7. The Balaban J connectivity index is 2.43. The number of rotatable bonds is 6. The van der Waals surface area contributed by atoms with Gasteiger partial charge in [0, 0.05) is 19.5 Å². The maximum atomic E-state index is 13.7. The maximum Gasteiger partial charge on any atom is 0.205 e. The number of methoxy groups -OCH3 is 1. The molecule has 0 aliphatic rings. The first-order valence-corrected chi connectivity index (χ1v) is 8.20. The van der Waals surface area contributed by atoms with Crippen LogP contribution in [0.4, 0.5) is 10.1 Å². The summed E-state index contributed by atoms with van der Waals surface area (Å²) in [4.78, 5) is 12.4. The lowest BCUT2D eigenvalue weighted by molar-refractivity contribution is 0.108. The minimum Gasteiger partial charge on any atom is -0.476 e. The van der Waals surface area contributed by atoms with Gasteiger partial charge in [0.2, 0.25) is 11.7 Å². The molecule has 1 aromatic carbocycles. The Bertz CT molecular complexity index is 985. The van der Waals surface area contributed by atoms with Crippen molar-refractivity contribution in [2.45, 2.75) is 6.92 Å². The van der Waals surface area contributed by atoms with Gasteiger partial charge >= 0.3 is 0 Å². The molecule has 2 rings (SSSR count). The van der Waals surface area contributed by atoms with Gasteiger partial charge in [-0.3, -0.25) is 4.99 Å². The number of halogens is 1. The van der Waals surface area contributed by atoms with E-state index >= 15 is 0 Å². The molecule has 1 aromatic heterocycles. The van der Waals surface area contributed by atoms with E-state index in [-0.39, 0.29) is 23.7 Å². The van der Waals surface area contributed by atoms with Crippen molar-refractivity contribution in [3.63, 3.8) is 0 Å². The highest BCUT2D eigenvalue weighted by Crippen LogP contribution is 2.18. The molecule has 2 aromatic rings. The molecule has 0 saturated heterocycles. The third-order valence-electron chi connectivity index (χ3n) is 3.33. The average molecular weight is 379 g/mol. The van der Waals surface area contributed by atoms with Crippen LogP contribution in [-0.2, 0) is 9.47 Å². The lowest BCUT2D eigenvalue weighted by Gasteiger charge is -2.09. The van der Waals surface area contributed by atoms with Gasteiger partial charge in [0.1, 0.15) is 18.0 Å². The molecule has 0 spiro atoms. The molecular formula is C20H18FN5O2. The largest absolute Gasteiger partial charge is 0.476 e. The van der Waals surface area contributed by atoms with E-state index in [1.54, 1.807) is 32.5 Å². The van der Waals surface area contributed by atoms with Gasteiger partial charge in [0.15, 0.2) is 0 Å². The average Bonchev–Trinajstić information content (AvgIpc) is 2.68. The van der Waals surface area contributed by atoms with Crippen molar-refractivity contribution in [1.82, 2.24) is 9.97 Å². The second kappa shape index (κ2) is 10.4. The molecule has 0 radical (unpaired) electrons. The van der Waals surface area contributed by atoms with Crippen molar-refractivity contribution in [2.75, 3.05) is 20.3 Å². The van der Waals surface area contributed by atoms with Crippen LogP contribution in [0.5, 0.6) is 0 Å². The molecule has 0 aliphatic heterocycles. The van der Waals surface area contributed by atoms with Gasteiger partial charge in [-0.2, -0.15) is 5.26 Å². The van der Waals surface area contributed by atoms with E-state index < -0.39 is 5.82 Å². The van der Waals surface area contributed by atoms with E-state index in [1.807, 2.05) is 6.07 Å². The molecule has 28 heavy (non-hydrogen) atoms. The number of nitrogens with zero attached hydrogens (tertiary/aromatic N) is 4. The molecule has 0 saturated carbocycles. The van der Waals surface area contributed by atoms with Crippen LogP contribution >= 0.6 is 0 Å². The Labute approximate surface area is 162 Å². The Morgan fingerprint density at radius 3 is 2.68 bits per heavy atom. The van der Waals surface area contributed by atoms with Gasteiger partial charge in [-0.25, -0.2) is 14.4 Å². The molecule has 142 valence electrons. The molecule has 0 bridgehead atoms. The van der Waals surface area contributed by atoms with Crippen LogP contribution in [-0.4, -0.2) is 36.0 Å². The van der Waals surface area contributed by atoms with E-state index in [4.69, 9.17) is 20.5 Å². The van der Waals surface area contributed by atoms with Crippen LogP contribution in [0.15, 0.2) is 53.1 Å². The summed E-state index contributed by atoms with van der Waals surface area (Å²) in [6.07, 6.45) is 3.13. The van der Waals surface area contributed by atoms with Gasteiger partial charge in [0.05, 0.1) is 29.6 Å². The van der Waals surface area contributed by atoms with E-state index in [0.29, 0.717) is 23.7 Å². The normalized spacial score (nSPS) is 11.7. The molecule has 2 N–H and O–H groups in total. The van der Waals surface area contributed by atoms with Crippen LogP contribution in [0.25, 0.3) is 0 Å². The Morgan fingerprint density at radius 2 is 2.00 bits per heavy atom. The van der Waals surface area contributed by atoms with Crippen LogP contribution in [0.3, 0.4) is 0 Å². The number of benzene rings is 1. The third-order valence-corrected chi connectivity index (χ3v) is 3.33. The fraction of sp³-hybridized carbons (Fsp3) is 0.200. The lowest BCUT2D eigenvalue weighted by atomic mass is 10.1. The first-order valence-electron chi connectivity index (χ1n) is 8.20. The Morgan fingerprint density at radius 1 is 1.25 bits per heavy atom. The van der Waals surface area contributed by atoms with Crippen LogP contribution in [0, 0.1) is 29.0 Å². The summed E-state index contributed by atoms with van der Waals surface area (Å²) in [6.45, 7) is 2.22. The molecule has 0 fully saturated rings. The smallest absolute Gasteiger partial charge is 0.205 e. The molecular weight excluding hydrogens is 361 g/mol. The fourth-order valence-corrected chi connectivity index (χ4v) is 2.07. The number of hydrogen-bond acceptors (Lipinski definition) is 7. The van der Waals surface area contributed by atoms with E-state index in [1.165, 1.54) is 12.1 Å². The Hall–Kier alpha value is -3.75. The quantitative estimate of drug-likeness (QED) is 0.358. The first kappa shape index (κ1) is 20.6. The van der Waals surface area contributed by atoms with Gasteiger partial charge in [0.25, 0.3) is 0 Å². The fourth-order valence-electron chi connectivity index (χ4n) is 2.07. The summed E-state index contributed by atoms with van der Waals surface area (Å²) in [5.74, 6) is 5.41. The number of aliphatic imine (C=N–C) groups is 1. The van der Waals surface area contributed by atoms with Gasteiger partial charge in [-0.1, -0.05) is 5.92 Å². The summed E-state index contributed by atoms with van der Waals surface area (Å²) in [5, 5.41) is 8.99. The van der Waals surface area contributed by atoms with Crippen LogP contribution in [0.2, 0.25) is 0 Å². The van der Waals surface area contributed by atoms with E-state index in [0.717, 1.165) is 6.07 Å². The molecule has 1 heterocycles. The van der Waals surface area contributed by atoms with Crippen molar-refractivity contribution < 1.29 is 13.9 Å². The van der Waals surface area contributed by atoms with Crippen molar-refractivity contribution in [3.05, 3.63) is 65.3 Å². The highest BCUT2D eigenvalue weighted by Gasteiger charge is 2.09. The number of aromatic nitrogens is 2. The minimum atomic E-state index is -0.566. The zero-order chi connectivity index (χ0) is 20.4. The molecule has 0 atom stereocenters. The summed E-state index contributed by atoms with van der Waals surface area (Å²) >= 11 is 0. The van der Waals surface area contributed by atoms with Gasteiger partial charge < -0.3 is 15.2 Å². The van der Waals surface area contributed by atoms with E-state index in [9.17, 15) is 4.39 Å². The van der Waals surface area contributed by atoms with Crippen molar-refractivity contribution in [1.29, 1.82) is 5.26 Å². The predicted molar refractivity (Wildman–Crippen MR) is 102 cm³/mol. The monoisotopic (exact) mass is 379 g/mol. The minimum absolute atomic E-state index is 0.0404. The molecule has 0 unspecified atom stereocenters. The SMILES string of the molecule is COCCOC(N)=C(C#Cc1ncccn1)C(C)=Nc1cc(F)cc(C#N)c1. The summed E-state index contributed by atoms with van der Waals surface area (Å²) in [6, 6.07) is 7.35. The molecule has 0 aliphatic carbocycles. The highest BCUT2D eigenvalue weighted by molar-refractivity contribution is 6.04. The second-order valence-corrected chi connectivity index (χ2v) is 5.41. The number of ether oxygens (including phenoxy) is 2. The lowest BCUT2D eigenvalue weighted by Crippen LogP contribution is -2.14. The summed E-state index contributed by atoms with van der Waals surface area (Å²) < 4.78 is 24.0.